The quantitative estimate of drug-likeness (QED) is 0.947. The van der Waals surface area contributed by atoms with E-state index in [1.165, 1.54) is 0 Å². The van der Waals surface area contributed by atoms with Crippen LogP contribution in [-0.2, 0) is 5.75 Å². The Hall–Kier alpha value is -1.07. The van der Waals surface area contributed by atoms with Gasteiger partial charge in [-0.15, -0.1) is 0 Å². The zero-order valence-electron chi connectivity index (χ0n) is 9.24. The first kappa shape index (κ1) is 12.4. The van der Waals surface area contributed by atoms with Gasteiger partial charge in [0.1, 0.15) is 10.3 Å². The average Bonchev–Trinajstić information content (AvgIpc) is 2.35. The van der Waals surface area contributed by atoms with E-state index >= 15 is 0 Å². The highest BCUT2D eigenvalue weighted by atomic mass is 79.9. The van der Waals surface area contributed by atoms with Crippen molar-refractivity contribution in [2.45, 2.75) is 5.75 Å². The Kier molecular flexibility index (Phi) is 4.02. The molecule has 0 saturated heterocycles. The number of aromatic amines is 1. The lowest BCUT2D eigenvalue weighted by Gasteiger charge is -2.05. The summed E-state index contributed by atoms with van der Waals surface area (Å²) in [4.78, 5) is 19.0. The molecule has 1 aromatic carbocycles. The van der Waals surface area contributed by atoms with Gasteiger partial charge in [-0.05, 0) is 22.2 Å². The summed E-state index contributed by atoms with van der Waals surface area (Å²) < 4.78 is 0.480. The molecule has 0 fully saturated rings. The molecular weight excluding hydrogens is 300 g/mol. The SMILES string of the molecule is CSCc1nc(-c2ccccc2)c(Br)c(=O)[nH]1. The molecule has 0 aliphatic heterocycles. The smallest absolute Gasteiger partial charge is 0.265 e. The van der Waals surface area contributed by atoms with Gasteiger partial charge in [0.25, 0.3) is 5.56 Å². The third-order valence-corrected chi connectivity index (χ3v) is 3.54. The van der Waals surface area contributed by atoms with E-state index in [2.05, 4.69) is 25.9 Å². The van der Waals surface area contributed by atoms with Gasteiger partial charge in [-0.1, -0.05) is 30.3 Å². The number of benzene rings is 1. The predicted molar refractivity (Wildman–Crippen MR) is 75.2 cm³/mol. The van der Waals surface area contributed by atoms with Crippen LogP contribution in [0.4, 0.5) is 0 Å². The van der Waals surface area contributed by atoms with Crippen molar-refractivity contribution in [3.8, 4) is 11.3 Å². The fourth-order valence-electron chi connectivity index (χ4n) is 1.50. The van der Waals surface area contributed by atoms with E-state index in [4.69, 9.17) is 0 Å². The second-order valence-corrected chi connectivity index (χ2v) is 5.13. The summed E-state index contributed by atoms with van der Waals surface area (Å²) in [6, 6.07) is 9.68. The average molecular weight is 311 g/mol. The molecule has 0 radical (unpaired) electrons. The number of aromatic nitrogens is 2. The highest BCUT2D eigenvalue weighted by molar-refractivity contribution is 9.10. The maximum atomic E-state index is 11.8. The lowest BCUT2D eigenvalue weighted by Crippen LogP contribution is -2.13. The standard InChI is InChI=1S/C12H11BrN2OS/c1-17-7-9-14-11(10(13)12(16)15-9)8-5-3-2-4-6-8/h2-6H,7H2,1H3,(H,14,15,16). The third kappa shape index (κ3) is 2.79. The molecule has 1 N–H and O–H groups in total. The molecule has 2 aromatic rings. The molecule has 0 saturated carbocycles. The Labute approximate surface area is 112 Å². The molecule has 0 atom stereocenters. The summed E-state index contributed by atoms with van der Waals surface area (Å²) in [7, 11) is 0. The maximum Gasteiger partial charge on any atom is 0.265 e. The van der Waals surface area contributed by atoms with Crippen LogP contribution in [0.1, 0.15) is 5.82 Å². The van der Waals surface area contributed by atoms with Crippen molar-refractivity contribution in [2.75, 3.05) is 6.26 Å². The molecule has 17 heavy (non-hydrogen) atoms. The van der Waals surface area contributed by atoms with Crippen molar-refractivity contribution in [2.24, 2.45) is 0 Å². The number of rotatable bonds is 3. The monoisotopic (exact) mass is 310 g/mol. The van der Waals surface area contributed by atoms with E-state index in [1.54, 1.807) is 11.8 Å². The molecule has 2 rings (SSSR count). The Bertz CT molecular complexity index is 568. The van der Waals surface area contributed by atoms with Crippen LogP contribution in [0.2, 0.25) is 0 Å². The van der Waals surface area contributed by atoms with E-state index in [0.29, 0.717) is 21.7 Å². The number of hydrogen-bond donors (Lipinski definition) is 1. The van der Waals surface area contributed by atoms with E-state index in [9.17, 15) is 4.79 Å². The Balaban J connectivity index is 2.57. The minimum Gasteiger partial charge on any atom is -0.309 e. The number of H-pyrrole nitrogens is 1. The molecule has 0 bridgehead atoms. The van der Waals surface area contributed by atoms with E-state index in [-0.39, 0.29) is 5.56 Å². The largest absolute Gasteiger partial charge is 0.309 e. The fourth-order valence-corrected chi connectivity index (χ4v) is 2.32. The van der Waals surface area contributed by atoms with Crippen LogP contribution < -0.4 is 5.56 Å². The summed E-state index contributed by atoms with van der Waals surface area (Å²) in [5, 5.41) is 0. The normalized spacial score (nSPS) is 10.5. The second kappa shape index (κ2) is 5.51. The first-order chi connectivity index (χ1) is 8.22. The molecule has 0 amide bonds. The van der Waals surface area contributed by atoms with Crippen molar-refractivity contribution in [1.29, 1.82) is 0 Å². The zero-order chi connectivity index (χ0) is 12.3. The molecule has 88 valence electrons. The maximum absolute atomic E-state index is 11.8. The molecule has 3 nitrogen and oxygen atoms in total. The summed E-state index contributed by atoms with van der Waals surface area (Å²) in [6.45, 7) is 0. The van der Waals surface area contributed by atoms with Crippen molar-refractivity contribution in [3.05, 3.63) is 51.0 Å². The lowest BCUT2D eigenvalue weighted by molar-refractivity contribution is 0.997. The topological polar surface area (TPSA) is 45.8 Å². The fraction of sp³-hybridized carbons (Fsp3) is 0.167. The van der Waals surface area contributed by atoms with Gasteiger partial charge in [-0.3, -0.25) is 4.79 Å². The predicted octanol–water partition coefficient (Wildman–Crippen LogP) is 3.06. The van der Waals surface area contributed by atoms with Crippen LogP contribution in [0, 0.1) is 0 Å². The van der Waals surface area contributed by atoms with Gasteiger partial charge in [-0.2, -0.15) is 11.8 Å². The summed E-state index contributed by atoms with van der Waals surface area (Å²) in [6.07, 6.45) is 1.98. The van der Waals surface area contributed by atoms with Gasteiger partial charge in [0, 0.05) is 5.56 Å². The number of halogens is 1. The van der Waals surface area contributed by atoms with Gasteiger partial charge < -0.3 is 4.98 Å². The number of hydrogen-bond acceptors (Lipinski definition) is 3. The second-order valence-electron chi connectivity index (χ2n) is 3.47. The number of nitrogens with zero attached hydrogens (tertiary/aromatic N) is 1. The van der Waals surface area contributed by atoms with Crippen molar-refractivity contribution < 1.29 is 0 Å². The molecule has 1 aromatic heterocycles. The Morgan fingerprint density at radius 1 is 1.35 bits per heavy atom. The summed E-state index contributed by atoms with van der Waals surface area (Å²) >= 11 is 4.91. The molecule has 0 aliphatic carbocycles. The minimum atomic E-state index is -0.136. The molecule has 0 unspecified atom stereocenters. The number of thioether (sulfide) groups is 1. The van der Waals surface area contributed by atoms with Gasteiger partial charge in [0.05, 0.1) is 11.4 Å². The van der Waals surface area contributed by atoms with Crippen LogP contribution in [-0.4, -0.2) is 16.2 Å². The third-order valence-electron chi connectivity index (χ3n) is 2.24. The van der Waals surface area contributed by atoms with E-state index in [0.717, 1.165) is 5.56 Å². The van der Waals surface area contributed by atoms with Crippen LogP contribution in [0.3, 0.4) is 0 Å². The zero-order valence-corrected chi connectivity index (χ0v) is 11.6. The summed E-state index contributed by atoms with van der Waals surface area (Å²) in [5.74, 6) is 1.40. The van der Waals surface area contributed by atoms with Gasteiger partial charge in [0.2, 0.25) is 0 Å². The van der Waals surface area contributed by atoms with Gasteiger partial charge >= 0.3 is 0 Å². The van der Waals surface area contributed by atoms with Crippen LogP contribution in [0.5, 0.6) is 0 Å². The molecule has 0 aliphatic rings. The van der Waals surface area contributed by atoms with Crippen LogP contribution >= 0.6 is 27.7 Å². The molecule has 5 heteroatoms. The van der Waals surface area contributed by atoms with E-state index < -0.39 is 0 Å². The van der Waals surface area contributed by atoms with Gasteiger partial charge in [-0.25, -0.2) is 4.98 Å². The Morgan fingerprint density at radius 3 is 2.71 bits per heavy atom. The van der Waals surface area contributed by atoms with Crippen LogP contribution in [0.15, 0.2) is 39.6 Å². The number of nitrogens with one attached hydrogen (secondary N) is 1. The van der Waals surface area contributed by atoms with Crippen molar-refractivity contribution in [3.63, 3.8) is 0 Å². The Morgan fingerprint density at radius 2 is 2.06 bits per heavy atom. The van der Waals surface area contributed by atoms with E-state index in [1.807, 2.05) is 36.6 Å². The van der Waals surface area contributed by atoms with Gasteiger partial charge in [0.15, 0.2) is 0 Å². The summed E-state index contributed by atoms with van der Waals surface area (Å²) in [5.41, 5.74) is 1.49. The minimum absolute atomic E-state index is 0.136. The molecule has 0 spiro atoms. The van der Waals surface area contributed by atoms with Crippen molar-refractivity contribution in [1.82, 2.24) is 9.97 Å². The first-order valence-corrected chi connectivity index (χ1v) is 7.24. The lowest BCUT2D eigenvalue weighted by atomic mass is 10.1. The van der Waals surface area contributed by atoms with Crippen molar-refractivity contribution >= 4 is 27.7 Å². The van der Waals surface area contributed by atoms with Crippen LogP contribution in [0.25, 0.3) is 11.3 Å². The molecular formula is C12H11BrN2OS. The molecule has 1 heterocycles. The highest BCUT2D eigenvalue weighted by Gasteiger charge is 2.10. The first-order valence-electron chi connectivity index (χ1n) is 5.05. The highest BCUT2D eigenvalue weighted by Crippen LogP contribution is 2.23.